The highest BCUT2D eigenvalue weighted by molar-refractivity contribution is 7.89. The van der Waals surface area contributed by atoms with Crippen molar-refractivity contribution in [1.82, 2.24) is 4.31 Å². The van der Waals surface area contributed by atoms with E-state index in [0.29, 0.717) is 32.0 Å². The summed E-state index contributed by atoms with van der Waals surface area (Å²) in [6.07, 6.45) is 2.50. The molecule has 102 valence electrons. The van der Waals surface area contributed by atoms with E-state index in [9.17, 15) is 8.42 Å². The van der Waals surface area contributed by atoms with Gasteiger partial charge in [-0.1, -0.05) is 0 Å². The minimum Gasteiger partial charge on any atom is -0.385 e. The zero-order valence-corrected chi connectivity index (χ0v) is 11.6. The van der Waals surface area contributed by atoms with Gasteiger partial charge in [0.2, 0.25) is 10.0 Å². The fourth-order valence-corrected chi connectivity index (χ4v) is 3.74. The van der Waals surface area contributed by atoms with Crippen LogP contribution >= 0.6 is 0 Å². The quantitative estimate of drug-likeness (QED) is 0.705. The van der Waals surface area contributed by atoms with Crippen molar-refractivity contribution in [3.8, 4) is 0 Å². The molecule has 1 fully saturated rings. The van der Waals surface area contributed by atoms with E-state index < -0.39 is 10.0 Å². The summed E-state index contributed by atoms with van der Waals surface area (Å²) < 4.78 is 30.6. The molecule has 2 atom stereocenters. The molecule has 0 aromatic heterocycles. The van der Waals surface area contributed by atoms with Crippen LogP contribution in [0, 0.1) is 5.92 Å². The average Bonchev–Trinajstić information content (AvgIpc) is 2.29. The summed E-state index contributed by atoms with van der Waals surface area (Å²) in [4.78, 5) is 0. The molecule has 2 N–H and O–H groups in total. The standard InChI is InChI=1S/C11H24N2O3S/c1-10(12)11-5-3-6-13(9-11)17(14,15)8-4-7-16-2/h10-11H,3-9,12H2,1-2H3. The molecule has 1 aliphatic rings. The van der Waals surface area contributed by atoms with Crippen LogP contribution < -0.4 is 5.73 Å². The SMILES string of the molecule is COCCCS(=O)(=O)N1CCCC(C(C)N)C1. The molecule has 2 unspecified atom stereocenters. The second kappa shape index (κ2) is 6.68. The highest BCUT2D eigenvalue weighted by Crippen LogP contribution is 2.21. The molecule has 0 spiro atoms. The molecule has 1 saturated heterocycles. The number of nitrogens with two attached hydrogens (primary N) is 1. The van der Waals surface area contributed by atoms with E-state index in [1.165, 1.54) is 0 Å². The second-order valence-electron chi connectivity index (χ2n) is 4.78. The third-order valence-corrected chi connectivity index (χ3v) is 5.23. The molecule has 1 aliphatic heterocycles. The molecule has 5 nitrogen and oxygen atoms in total. The highest BCUT2D eigenvalue weighted by atomic mass is 32.2. The number of rotatable bonds is 6. The van der Waals surface area contributed by atoms with Crippen molar-refractivity contribution in [2.45, 2.75) is 32.2 Å². The van der Waals surface area contributed by atoms with Crippen molar-refractivity contribution in [3.05, 3.63) is 0 Å². The molecular formula is C11H24N2O3S. The van der Waals surface area contributed by atoms with Crippen LogP contribution in [0.25, 0.3) is 0 Å². The number of hydrogen-bond acceptors (Lipinski definition) is 4. The van der Waals surface area contributed by atoms with Crippen molar-refractivity contribution in [2.75, 3.05) is 32.6 Å². The van der Waals surface area contributed by atoms with Crippen LogP contribution in [0.5, 0.6) is 0 Å². The van der Waals surface area contributed by atoms with Gasteiger partial charge in [0.1, 0.15) is 0 Å². The predicted molar refractivity (Wildman–Crippen MR) is 68.2 cm³/mol. The first kappa shape index (κ1) is 14.9. The lowest BCUT2D eigenvalue weighted by molar-refractivity contribution is 0.198. The maximum absolute atomic E-state index is 12.1. The van der Waals surface area contributed by atoms with E-state index in [2.05, 4.69) is 0 Å². The molecule has 0 radical (unpaired) electrons. The minimum atomic E-state index is -3.12. The van der Waals surface area contributed by atoms with Crippen molar-refractivity contribution >= 4 is 10.0 Å². The van der Waals surface area contributed by atoms with E-state index in [-0.39, 0.29) is 11.8 Å². The summed E-state index contributed by atoms with van der Waals surface area (Å²) in [5, 5.41) is 0. The van der Waals surface area contributed by atoms with E-state index >= 15 is 0 Å². The predicted octanol–water partition coefficient (Wildman–Crippen LogP) is 0.412. The number of methoxy groups -OCH3 is 1. The fourth-order valence-electron chi connectivity index (χ4n) is 2.17. The Kier molecular flexibility index (Phi) is 5.85. The summed E-state index contributed by atoms with van der Waals surface area (Å²) in [7, 11) is -1.54. The summed E-state index contributed by atoms with van der Waals surface area (Å²) in [6.45, 7) is 3.65. The summed E-state index contributed by atoms with van der Waals surface area (Å²) in [5.74, 6) is 0.466. The lowest BCUT2D eigenvalue weighted by Gasteiger charge is -2.33. The fraction of sp³-hybridized carbons (Fsp3) is 1.00. The first-order valence-corrected chi connectivity index (χ1v) is 7.80. The van der Waals surface area contributed by atoms with E-state index in [1.807, 2.05) is 6.92 Å². The van der Waals surface area contributed by atoms with Gasteiger partial charge in [-0.2, -0.15) is 0 Å². The molecule has 6 heteroatoms. The Hall–Kier alpha value is -0.170. The zero-order valence-electron chi connectivity index (χ0n) is 10.8. The van der Waals surface area contributed by atoms with Gasteiger partial charge in [-0.3, -0.25) is 0 Å². The third kappa shape index (κ3) is 4.54. The Balaban J connectivity index is 2.52. The van der Waals surface area contributed by atoms with Gasteiger partial charge in [0, 0.05) is 32.8 Å². The van der Waals surface area contributed by atoms with Gasteiger partial charge in [-0.15, -0.1) is 0 Å². The Morgan fingerprint density at radius 1 is 1.53 bits per heavy atom. The molecule has 1 rings (SSSR count). The Morgan fingerprint density at radius 3 is 2.82 bits per heavy atom. The maximum Gasteiger partial charge on any atom is 0.214 e. The molecule has 0 aromatic carbocycles. The zero-order chi connectivity index (χ0) is 12.9. The number of ether oxygens (including phenoxy) is 1. The molecule has 17 heavy (non-hydrogen) atoms. The number of hydrogen-bond donors (Lipinski definition) is 1. The van der Waals surface area contributed by atoms with E-state index in [0.717, 1.165) is 12.8 Å². The van der Waals surface area contributed by atoms with Crippen LogP contribution in [0.15, 0.2) is 0 Å². The second-order valence-corrected chi connectivity index (χ2v) is 6.87. The first-order valence-electron chi connectivity index (χ1n) is 6.19. The molecular weight excluding hydrogens is 240 g/mol. The van der Waals surface area contributed by atoms with Crippen molar-refractivity contribution in [3.63, 3.8) is 0 Å². The van der Waals surface area contributed by atoms with Crippen LogP contribution in [-0.2, 0) is 14.8 Å². The summed E-state index contributed by atoms with van der Waals surface area (Å²) in [5.41, 5.74) is 5.85. The summed E-state index contributed by atoms with van der Waals surface area (Å²) >= 11 is 0. The van der Waals surface area contributed by atoms with Gasteiger partial charge >= 0.3 is 0 Å². The maximum atomic E-state index is 12.1. The van der Waals surface area contributed by atoms with Crippen LogP contribution in [0.4, 0.5) is 0 Å². The smallest absolute Gasteiger partial charge is 0.214 e. The number of sulfonamides is 1. The topological polar surface area (TPSA) is 72.6 Å². The molecule has 0 aromatic rings. The van der Waals surface area contributed by atoms with Gasteiger partial charge in [-0.05, 0) is 32.1 Å². The molecule has 0 bridgehead atoms. The van der Waals surface area contributed by atoms with Crippen molar-refractivity contribution in [1.29, 1.82) is 0 Å². The van der Waals surface area contributed by atoms with Crippen molar-refractivity contribution in [2.24, 2.45) is 11.7 Å². The number of nitrogens with zero attached hydrogens (tertiary/aromatic N) is 1. The van der Waals surface area contributed by atoms with Gasteiger partial charge in [0.25, 0.3) is 0 Å². The molecule has 0 amide bonds. The lowest BCUT2D eigenvalue weighted by Crippen LogP contribution is -2.45. The van der Waals surface area contributed by atoms with Gasteiger partial charge in [0.05, 0.1) is 5.75 Å². The van der Waals surface area contributed by atoms with E-state index in [1.54, 1.807) is 11.4 Å². The molecule has 0 aliphatic carbocycles. The van der Waals surface area contributed by atoms with E-state index in [4.69, 9.17) is 10.5 Å². The van der Waals surface area contributed by atoms with Crippen LogP contribution in [0.3, 0.4) is 0 Å². The molecule has 0 saturated carbocycles. The van der Waals surface area contributed by atoms with Gasteiger partial charge in [-0.25, -0.2) is 12.7 Å². The average molecular weight is 264 g/mol. The van der Waals surface area contributed by atoms with Gasteiger partial charge < -0.3 is 10.5 Å². The Bertz CT molecular complexity index is 317. The van der Waals surface area contributed by atoms with Crippen LogP contribution in [0.1, 0.15) is 26.2 Å². The van der Waals surface area contributed by atoms with Crippen LogP contribution in [0.2, 0.25) is 0 Å². The minimum absolute atomic E-state index is 0.0620. The summed E-state index contributed by atoms with van der Waals surface area (Å²) in [6, 6.07) is 0.0620. The highest BCUT2D eigenvalue weighted by Gasteiger charge is 2.29. The Labute approximate surface area is 104 Å². The first-order chi connectivity index (χ1) is 7.97. The molecule has 1 heterocycles. The lowest BCUT2D eigenvalue weighted by atomic mass is 9.93. The normalized spacial score (nSPS) is 24.8. The van der Waals surface area contributed by atoms with Gasteiger partial charge in [0.15, 0.2) is 0 Å². The largest absolute Gasteiger partial charge is 0.385 e. The third-order valence-electron chi connectivity index (χ3n) is 3.31. The van der Waals surface area contributed by atoms with Crippen LogP contribution in [-0.4, -0.2) is 51.3 Å². The Morgan fingerprint density at radius 2 is 2.24 bits per heavy atom. The number of piperidine rings is 1. The monoisotopic (exact) mass is 264 g/mol. The van der Waals surface area contributed by atoms with Crippen molar-refractivity contribution < 1.29 is 13.2 Å².